The van der Waals surface area contributed by atoms with Crippen LogP contribution in [0.15, 0.2) is 36.4 Å². The van der Waals surface area contributed by atoms with Crippen LogP contribution in [0.4, 0.5) is 10.5 Å². The van der Waals surface area contributed by atoms with Crippen molar-refractivity contribution in [2.45, 2.75) is 39.7 Å². The second kappa shape index (κ2) is 10.6. The lowest BCUT2D eigenvalue weighted by molar-refractivity contribution is 0.0962. The Morgan fingerprint density at radius 3 is 2.79 bits per heavy atom. The molecule has 0 saturated heterocycles. The number of amides is 2. The first kappa shape index (κ1) is 23.6. The van der Waals surface area contributed by atoms with Crippen LogP contribution >= 0.6 is 0 Å². The van der Waals surface area contributed by atoms with Crippen molar-refractivity contribution >= 4 is 28.6 Å². The lowest BCUT2D eigenvalue weighted by atomic mass is 10.0. The van der Waals surface area contributed by atoms with Gasteiger partial charge in [-0.2, -0.15) is 0 Å². The number of aryl methyl sites for hydroxylation is 1. The van der Waals surface area contributed by atoms with E-state index in [1.54, 1.807) is 17.0 Å². The normalized spacial score (nSPS) is 13.0. The number of benzene rings is 2. The summed E-state index contributed by atoms with van der Waals surface area (Å²) in [6, 6.07) is 11.0. The lowest BCUT2D eigenvalue weighted by Gasteiger charge is -2.26. The van der Waals surface area contributed by atoms with Gasteiger partial charge >= 0.3 is 6.09 Å². The fraction of sp³-hybridized carbons (Fsp3) is 0.385. The largest absolute Gasteiger partial charge is 0.491 e. The Kier molecular flexibility index (Phi) is 7.37. The van der Waals surface area contributed by atoms with Crippen molar-refractivity contribution in [3.05, 3.63) is 58.8 Å². The predicted molar refractivity (Wildman–Crippen MR) is 130 cm³/mol. The van der Waals surface area contributed by atoms with Crippen LogP contribution in [0.5, 0.6) is 5.75 Å². The van der Waals surface area contributed by atoms with Crippen LogP contribution < -0.4 is 10.1 Å². The van der Waals surface area contributed by atoms with Crippen LogP contribution in [0.25, 0.3) is 10.9 Å². The number of aromatic nitrogens is 1. The molecule has 0 bridgehead atoms. The number of nitrogens with zero attached hydrogens (tertiary/aromatic N) is 1. The summed E-state index contributed by atoms with van der Waals surface area (Å²) >= 11 is 0. The van der Waals surface area contributed by atoms with Crippen molar-refractivity contribution in [1.82, 2.24) is 9.88 Å². The van der Waals surface area contributed by atoms with Crippen molar-refractivity contribution in [3.8, 4) is 5.75 Å². The van der Waals surface area contributed by atoms with Gasteiger partial charge in [0.25, 0.3) is 5.91 Å². The molecular formula is C26H31N3O5. The van der Waals surface area contributed by atoms with Gasteiger partial charge in [-0.1, -0.05) is 19.4 Å². The molecule has 8 heteroatoms. The van der Waals surface area contributed by atoms with E-state index in [0.29, 0.717) is 36.7 Å². The average Bonchev–Trinajstić information content (AvgIpc) is 3.21. The molecule has 1 aliphatic heterocycles. The van der Waals surface area contributed by atoms with Crippen LogP contribution in [-0.2, 0) is 17.7 Å². The molecule has 0 unspecified atom stereocenters. The Morgan fingerprint density at radius 2 is 2.03 bits per heavy atom. The van der Waals surface area contributed by atoms with Gasteiger partial charge in [-0.15, -0.1) is 0 Å². The van der Waals surface area contributed by atoms with Crippen molar-refractivity contribution in [1.29, 1.82) is 0 Å². The summed E-state index contributed by atoms with van der Waals surface area (Å²) in [6.45, 7) is 5.66. The molecule has 0 radical (unpaired) electrons. The molecule has 3 aromatic rings. The second-order valence-electron chi connectivity index (χ2n) is 8.48. The smallest absolute Gasteiger partial charge is 0.410 e. The van der Waals surface area contributed by atoms with E-state index in [1.807, 2.05) is 31.2 Å². The summed E-state index contributed by atoms with van der Waals surface area (Å²) < 4.78 is 10.8. The van der Waals surface area contributed by atoms with Gasteiger partial charge in [0.2, 0.25) is 0 Å². The maximum absolute atomic E-state index is 12.9. The minimum Gasteiger partial charge on any atom is -0.491 e. The first-order valence-electron chi connectivity index (χ1n) is 11.7. The number of unbranched alkanes of at least 4 members (excludes halogenated alkanes) is 1. The number of nitrogens with one attached hydrogen (secondary N) is 2. The van der Waals surface area contributed by atoms with E-state index in [-0.39, 0.29) is 25.2 Å². The van der Waals surface area contributed by atoms with E-state index in [9.17, 15) is 9.59 Å². The third-order valence-corrected chi connectivity index (χ3v) is 6.03. The average molecular weight is 466 g/mol. The summed E-state index contributed by atoms with van der Waals surface area (Å²) in [6.07, 6.45) is 2.32. The van der Waals surface area contributed by atoms with Crippen LogP contribution in [0.2, 0.25) is 0 Å². The van der Waals surface area contributed by atoms with E-state index in [1.165, 1.54) is 5.56 Å². The maximum atomic E-state index is 12.9. The fourth-order valence-corrected chi connectivity index (χ4v) is 4.16. The number of anilines is 1. The number of hydrogen-bond donors (Lipinski definition) is 3. The van der Waals surface area contributed by atoms with Crippen LogP contribution in [-0.4, -0.2) is 53.4 Å². The summed E-state index contributed by atoms with van der Waals surface area (Å²) in [5, 5.41) is 12.9. The molecule has 2 aromatic carbocycles. The van der Waals surface area contributed by atoms with Gasteiger partial charge < -0.3 is 29.8 Å². The highest BCUT2D eigenvalue weighted by atomic mass is 16.6. The molecule has 2 heterocycles. The third-order valence-electron chi connectivity index (χ3n) is 6.03. The van der Waals surface area contributed by atoms with Crippen molar-refractivity contribution in [2.75, 3.05) is 31.7 Å². The Hall–Kier alpha value is -3.52. The molecule has 0 aliphatic carbocycles. The lowest BCUT2D eigenvalue weighted by Crippen LogP contribution is -2.36. The number of carbonyl (C=O) groups is 2. The molecule has 180 valence electrons. The van der Waals surface area contributed by atoms with E-state index in [4.69, 9.17) is 14.6 Å². The maximum Gasteiger partial charge on any atom is 0.410 e. The standard InChI is InChI=1S/C26H31N3O5/c1-3-4-12-34-26(32)29-10-9-21-20-7-5-18(15-23(20)27-24(21)16-29)25(31)28-22-8-6-19(14-17(22)2)33-13-11-30/h5-8,14-15,27,30H,3-4,9-13,16H2,1-2H3,(H,28,31). The molecule has 1 aliphatic rings. The van der Waals surface area contributed by atoms with Gasteiger partial charge in [-0.05, 0) is 61.2 Å². The summed E-state index contributed by atoms with van der Waals surface area (Å²) in [7, 11) is 0. The zero-order valence-electron chi connectivity index (χ0n) is 19.6. The molecule has 0 spiro atoms. The molecule has 2 amide bonds. The van der Waals surface area contributed by atoms with E-state index in [2.05, 4.69) is 17.2 Å². The van der Waals surface area contributed by atoms with Crippen molar-refractivity contribution in [3.63, 3.8) is 0 Å². The number of aromatic amines is 1. The second-order valence-corrected chi connectivity index (χ2v) is 8.48. The zero-order chi connectivity index (χ0) is 24.1. The molecule has 8 nitrogen and oxygen atoms in total. The number of fused-ring (bicyclic) bond motifs is 3. The minimum atomic E-state index is -0.277. The minimum absolute atomic E-state index is 0.0523. The summed E-state index contributed by atoms with van der Waals surface area (Å²) in [5.41, 5.74) is 5.16. The summed E-state index contributed by atoms with van der Waals surface area (Å²) in [4.78, 5) is 30.4. The topological polar surface area (TPSA) is 104 Å². The molecule has 3 N–H and O–H groups in total. The first-order valence-corrected chi connectivity index (χ1v) is 11.7. The number of aliphatic hydroxyl groups excluding tert-OH is 1. The number of H-pyrrole nitrogens is 1. The quantitative estimate of drug-likeness (QED) is 0.428. The molecular weight excluding hydrogens is 434 g/mol. The first-order chi connectivity index (χ1) is 16.5. The van der Waals surface area contributed by atoms with Gasteiger partial charge in [0.05, 0.1) is 19.8 Å². The number of hydrogen-bond acceptors (Lipinski definition) is 5. The number of ether oxygens (including phenoxy) is 2. The highest BCUT2D eigenvalue weighted by Crippen LogP contribution is 2.29. The Morgan fingerprint density at radius 1 is 1.18 bits per heavy atom. The van der Waals surface area contributed by atoms with Crippen LogP contribution in [0.3, 0.4) is 0 Å². The molecule has 0 atom stereocenters. The Balaban J connectivity index is 1.46. The number of rotatable bonds is 8. The van der Waals surface area contributed by atoms with Crippen molar-refractivity contribution in [2.24, 2.45) is 0 Å². The van der Waals surface area contributed by atoms with Gasteiger partial charge in [-0.3, -0.25) is 4.79 Å². The molecule has 4 rings (SSSR count). The van der Waals surface area contributed by atoms with Crippen LogP contribution in [0.1, 0.15) is 46.9 Å². The predicted octanol–water partition coefficient (Wildman–Crippen LogP) is 4.39. The summed E-state index contributed by atoms with van der Waals surface area (Å²) in [5.74, 6) is 0.439. The molecule has 1 aromatic heterocycles. The van der Waals surface area contributed by atoms with Gasteiger partial charge in [0, 0.05) is 34.4 Å². The van der Waals surface area contributed by atoms with Crippen molar-refractivity contribution < 1.29 is 24.2 Å². The third kappa shape index (κ3) is 5.17. The Labute approximate surface area is 198 Å². The van der Waals surface area contributed by atoms with Crippen LogP contribution in [0, 0.1) is 6.92 Å². The van der Waals surface area contributed by atoms with Gasteiger partial charge in [0.15, 0.2) is 0 Å². The monoisotopic (exact) mass is 465 g/mol. The SMILES string of the molecule is CCCCOC(=O)N1CCc2c([nH]c3cc(C(=O)Nc4ccc(OCCO)cc4C)ccc23)C1. The van der Waals surface area contributed by atoms with Gasteiger partial charge in [-0.25, -0.2) is 4.79 Å². The highest BCUT2D eigenvalue weighted by Gasteiger charge is 2.25. The molecule has 0 saturated carbocycles. The zero-order valence-corrected chi connectivity index (χ0v) is 19.6. The number of aliphatic hydroxyl groups is 1. The van der Waals surface area contributed by atoms with E-state index >= 15 is 0 Å². The molecule has 0 fully saturated rings. The number of carbonyl (C=O) groups excluding carboxylic acids is 2. The van der Waals surface area contributed by atoms with E-state index in [0.717, 1.165) is 41.4 Å². The van der Waals surface area contributed by atoms with Gasteiger partial charge in [0.1, 0.15) is 12.4 Å². The fourth-order valence-electron chi connectivity index (χ4n) is 4.16. The van der Waals surface area contributed by atoms with E-state index < -0.39 is 0 Å². The molecule has 34 heavy (non-hydrogen) atoms. The Bertz CT molecular complexity index is 1190. The highest BCUT2D eigenvalue weighted by molar-refractivity contribution is 6.06.